The lowest BCUT2D eigenvalue weighted by Crippen LogP contribution is -2.36. The molecule has 0 spiro atoms. The van der Waals surface area contributed by atoms with Crippen LogP contribution in [0.2, 0.25) is 0 Å². The Bertz CT molecular complexity index is 1130. The predicted octanol–water partition coefficient (Wildman–Crippen LogP) is 2.19. The van der Waals surface area contributed by atoms with Gasteiger partial charge in [0.15, 0.2) is 0 Å². The average molecular weight is 734 g/mol. The number of hydrogen-bond acceptors (Lipinski definition) is 15. The van der Waals surface area contributed by atoms with E-state index in [4.69, 9.17) is 42.6 Å². The molecule has 4 unspecified atom stereocenters. The van der Waals surface area contributed by atoms with Crippen molar-refractivity contribution >= 4 is 36.2 Å². The Hall–Kier alpha value is -4.42. The molecule has 292 valence electrons. The molecule has 4 atom stereocenters. The number of hydrogen-bond donors (Lipinski definition) is 3. The number of ether oxygens (including phenoxy) is 9. The SMILES string of the molecule is C=C(C)C(=O)OCCNC(=O)OC(C)COCC(COC(C)COC(=O)NCCOC(=O)C(C)C)OCC(C)OC(=O)NCCOC(=O)C(=C)C. The Morgan fingerprint density at radius 2 is 1.00 bits per heavy atom. The molecule has 0 rings (SSSR count). The number of carbonyl (C=O) groups excluding carboxylic acids is 6. The molecule has 3 N–H and O–H groups in total. The second-order valence-electron chi connectivity index (χ2n) is 11.6. The highest BCUT2D eigenvalue weighted by atomic mass is 16.6. The Labute approximate surface area is 299 Å². The molecule has 3 amide bonds. The molecule has 18 nitrogen and oxygen atoms in total. The van der Waals surface area contributed by atoms with Gasteiger partial charge in [0.2, 0.25) is 0 Å². The second kappa shape index (κ2) is 27.3. The lowest BCUT2D eigenvalue weighted by atomic mass is 10.2. The van der Waals surface area contributed by atoms with Gasteiger partial charge in [-0.3, -0.25) is 4.79 Å². The normalized spacial score (nSPS) is 13.0. The molecule has 0 aliphatic rings. The van der Waals surface area contributed by atoms with E-state index in [0.717, 1.165) is 0 Å². The third-order valence-corrected chi connectivity index (χ3v) is 5.85. The molecule has 0 aliphatic heterocycles. The van der Waals surface area contributed by atoms with Gasteiger partial charge >= 0.3 is 36.2 Å². The molecule has 18 heteroatoms. The van der Waals surface area contributed by atoms with Crippen molar-refractivity contribution in [3.05, 3.63) is 24.3 Å². The van der Waals surface area contributed by atoms with Crippen molar-refractivity contribution in [2.24, 2.45) is 5.92 Å². The van der Waals surface area contributed by atoms with Gasteiger partial charge in [-0.15, -0.1) is 0 Å². The minimum atomic E-state index is -0.748. The van der Waals surface area contributed by atoms with Crippen molar-refractivity contribution in [3.8, 4) is 0 Å². The van der Waals surface area contributed by atoms with Crippen LogP contribution in [0.15, 0.2) is 24.3 Å². The summed E-state index contributed by atoms with van der Waals surface area (Å²) >= 11 is 0. The van der Waals surface area contributed by atoms with E-state index in [1.165, 1.54) is 13.8 Å². The Morgan fingerprint density at radius 3 is 1.49 bits per heavy atom. The van der Waals surface area contributed by atoms with Crippen molar-refractivity contribution in [1.82, 2.24) is 16.0 Å². The molecule has 0 saturated carbocycles. The van der Waals surface area contributed by atoms with E-state index in [9.17, 15) is 28.8 Å². The molecule has 0 aliphatic carbocycles. The number of carbonyl (C=O) groups is 6. The number of alkyl carbamates (subject to hydrolysis) is 3. The molecular formula is C33H55N3O15. The fourth-order valence-electron chi connectivity index (χ4n) is 3.17. The zero-order valence-corrected chi connectivity index (χ0v) is 30.7. The largest absolute Gasteiger partial charge is 0.464 e. The van der Waals surface area contributed by atoms with Gasteiger partial charge in [0.1, 0.15) is 44.7 Å². The summed E-state index contributed by atoms with van der Waals surface area (Å²) < 4.78 is 47.7. The molecule has 0 fully saturated rings. The maximum absolute atomic E-state index is 12.1. The van der Waals surface area contributed by atoms with Crippen molar-refractivity contribution in [2.75, 3.05) is 72.5 Å². The first-order valence-corrected chi connectivity index (χ1v) is 16.4. The van der Waals surface area contributed by atoms with E-state index < -0.39 is 54.6 Å². The third-order valence-electron chi connectivity index (χ3n) is 5.85. The Balaban J connectivity index is 4.80. The van der Waals surface area contributed by atoms with E-state index in [1.54, 1.807) is 34.6 Å². The van der Waals surface area contributed by atoms with Crippen LogP contribution < -0.4 is 16.0 Å². The third kappa shape index (κ3) is 26.1. The van der Waals surface area contributed by atoms with Crippen LogP contribution in [0.3, 0.4) is 0 Å². The Kier molecular flexibility index (Phi) is 25.0. The van der Waals surface area contributed by atoms with Crippen molar-refractivity contribution in [3.63, 3.8) is 0 Å². The number of nitrogens with one attached hydrogen (secondary N) is 3. The van der Waals surface area contributed by atoms with Crippen LogP contribution in [-0.4, -0.2) is 133 Å². The van der Waals surface area contributed by atoms with Gasteiger partial charge in [0.05, 0.1) is 58.1 Å². The highest BCUT2D eigenvalue weighted by Crippen LogP contribution is 2.05. The van der Waals surface area contributed by atoms with Crippen LogP contribution in [0.1, 0.15) is 48.5 Å². The average Bonchev–Trinajstić information content (AvgIpc) is 3.06. The molecule has 0 saturated heterocycles. The van der Waals surface area contributed by atoms with Crippen LogP contribution in [-0.2, 0) is 57.0 Å². The van der Waals surface area contributed by atoms with Gasteiger partial charge in [-0.25, -0.2) is 24.0 Å². The minimum Gasteiger partial charge on any atom is -0.464 e. The van der Waals surface area contributed by atoms with Crippen LogP contribution in [0.25, 0.3) is 0 Å². The molecule has 0 aromatic carbocycles. The monoisotopic (exact) mass is 733 g/mol. The summed E-state index contributed by atoms with van der Waals surface area (Å²) in [5.41, 5.74) is 0.476. The standard InChI is InChI=1S/C33H55N3O15/c1-21(2)28(37)44-13-10-34-31(40)49-17-24(7)47-20-27(48-18-26(9)51-33(42)36-12-15-46-30(39)23(5)6)19-43-16-25(8)50-32(41)35-11-14-45-29(38)22(3)4/h21,24-27H,3,5,10-20H2,1-2,4,6-9H3,(H,34,40)(H,35,41)(H,36,42). The van der Waals surface area contributed by atoms with Gasteiger partial charge in [-0.2, -0.15) is 0 Å². The first-order valence-electron chi connectivity index (χ1n) is 16.4. The van der Waals surface area contributed by atoms with Crippen LogP contribution in [0, 0.1) is 5.92 Å². The second-order valence-corrected chi connectivity index (χ2v) is 11.6. The number of esters is 3. The summed E-state index contributed by atoms with van der Waals surface area (Å²) in [5, 5.41) is 7.38. The summed E-state index contributed by atoms with van der Waals surface area (Å²) in [7, 11) is 0. The van der Waals surface area contributed by atoms with E-state index in [0.29, 0.717) is 0 Å². The van der Waals surface area contributed by atoms with Crippen molar-refractivity contribution in [1.29, 1.82) is 0 Å². The first kappa shape index (κ1) is 46.6. The summed E-state index contributed by atoms with van der Waals surface area (Å²) in [6, 6.07) is 0. The molecule has 0 radical (unpaired) electrons. The van der Waals surface area contributed by atoms with Crippen molar-refractivity contribution < 1.29 is 71.4 Å². The summed E-state index contributed by atoms with van der Waals surface area (Å²) in [4.78, 5) is 70.4. The summed E-state index contributed by atoms with van der Waals surface area (Å²) in [6.45, 7) is 18.1. The maximum Gasteiger partial charge on any atom is 0.407 e. The zero-order chi connectivity index (χ0) is 38.8. The molecule has 0 aromatic rings. The zero-order valence-electron chi connectivity index (χ0n) is 30.7. The quantitative estimate of drug-likeness (QED) is 0.0502. The van der Waals surface area contributed by atoms with Crippen LogP contribution in [0.5, 0.6) is 0 Å². The maximum atomic E-state index is 12.1. The fourth-order valence-corrected chi connectivity index (χ4v) is 3.17. The fraction of sp³-hybridized carbons (Fsp3) is 0.697. The van der Waals surface area contributed by atoms with E-state index in [2.05, 4.69) is 29.1 Å². The van der Waals surface area contributed by atoms with Crippen LogP contribution >= 0.6 is 0 Å². The molecular weight excluding hydrogens is 678 g/mol. The van der Waals surface area contributed by atoms with Gasteiger partial charge in [0, 0.05) is 11.1 Å². The Morgan fingerprint density at radius 1 is 0.529 bits per heavy atom. The molecule has 0 aromatic heterocycles. The molecule has 0 bridgehead atoms. The van der Waals surface area contributed by atoms with Gasteiger partial charge in [-0.1, -0.05) is 27.0 Å². The minimum absolute atomic E-state index is 0.00630. The predicted molar refractivity (Wildman–Crippen MR) is 181 cm³/mol. The lowest BCUT2D eigenvalue weighted by Gasteiger charge is -2.23. The van der Waals surface area contributed by atoms with Gasteiger partial charge in [-0.05, 0) is 34.6 Å². The summed E-state index contributed by atoms with van der Waals surface area (Å²) in [6.07, 6.45) is -4.80. The van der Waals surface area contributed by atoms with E-state index >= 15 is 0 Å². The topological polar surface area (TPSA) is 222 Å². The smallest absolute Gasteiger partial charge is 0.407 e. The molecule has 51 heavy (non-hydrogen) atoms. The highest BCUT2D eigenvalue weighted by Gasteiger charge is 2.19. The summed E-state index contributed by atoms with van der Waals surface area (Å²) in [5.74, 6) is -1.79. The van der Waals surface area contributed by atoms with E-state index in [1.807, 2.05) is 0 Å². The van der Waals surface area contributed by atoms with Crippen molar-refractivity contribution in [2.45, 2.75) is 72.9 Å². The molecule has 0 heterocycles. The number of amides is 3. The van der Waals surface area contributed by atoms with Gasteiger partial charge in [0.25, 0.3) is 0 Å². The van der Waals surface area contributed by atoms with Gasteiger partial charge < -0.3 is 58.6 Å². The van der Waals surface area contributed by atoms with E-state index in [-0.39, 0.29) is 95.5 Å². The number of rotatable bonds is 26. The lowest BCUT2D eigenvalue weighted by molar-refractivity contribution is -0.147. The van der Waals surface area contributed by atoms with Crippen LogP contribution in [0.4, 0.5) is 14.4 Å². The first-order chi connectivity index (χ1) is 24.0. The highest BCUT2D eigenvalue weighted by molar-refractivity contribution is 5.87.